The fourth-order valence-electron chi connectivity index (χ4n) is 3.18. The van der Waals surface area contributed by atoms with Crippen LogP contribution in [0.3, 0.4) is 0 Å². The van der Waals surface area contributed by atoms with E-state index in [4.69, 9.17) is 16.2 Å². The highest BCUT2D eigenvalue weighted by atomic mass is 16.5. The molecule has 5 N–H and O–H groups in total. The first-order chi connectivity index (χ1) is 14.3. The molecule has 0 saturated carbocycles. The van der Waals surface area contributed by atoms with Crippen molar-refractivity contribution in [2.45, 2.75) is 26.4 Å². The molecule has 156 valence electrons. The molecule has 0 aliphatic rings. The maximum absolute atomic E-state index is 12.4. The Kier molecular flexibility index (Phi) is 6.06. The Balaban J connectivity index is 1.78. The highest BCUT2D eigenvalue weighted by Gasteiger charge is 2.22. The number of benzene rings is 2. The van der Waals surface area contributed by atoms with Gasteiger partial charge in [-0.15, -0.1) is 0 Å². The lowest BCUT2D eigenvalue weighted by Gasteiger charge is -2.09. The van der Waals surface area contributed by atoms with Crippen LogP contribution in [0.25, 0.3) is 11.3 Å². The molecule has 2 aromatic carbocycles. The number of nitrogen functional groups attached to an aromatic ring is 1. The van der Waals surface area contributed by atoms with Crippen molar-refractivity contribution in [2.75, 3.05) is 12.8 Å². The van der Waals surface area contributed by atoms with Gasteiger partial charge in [0.05, 0.1) is 12.7 Å². The SMILES string of the molecule is COc1ccccc1C(=O)NCc1ccc(-c2nn(C(C)C)c(N)c2C(N)=O)cc1. The maximum atomic E-state index is 12.4. The van der Waals surface area contributed by atoms with E-state index in [1.807, 2.05) is 44.2 Å². The van der Waals surface area contributed by atoms with Crippen molar-refractivity contribution in [2.24, 2.45) is 5.73 Å². The Morgan fingerprint density at radius 2 is 1.80 bits per heavy atom. The van der Waals surface area contributed by atoms with Crippen LogP contribution in [0.15, 0.2) is 48.5 Å². The normalized spacial score (nSPS) is 10.8. The number of nitrogens with two attached hydrogens (primary N) is 2. The third kappa shape index (κ3) is 4.12. The summed E-state index contributed by atoms with van der Waals surface area (Å²) in [5.41, 5.74) is 14.3. The van der Waals surface area contributed by atoms with Crippen molar-refractivity contribution in [1.29, 1.82) is 0 Å². The van der Waals surface area contributed by atoms with Crippen molar-refractivity contribution >= 4 is 17.6 Å². The van der Waals surface area contributed by atoms with Gasteiger partial charge in [0.25, 0.3) is 11.8 Å². The van der Waals surface area contributed by atoms with Crippen LogP contribution in [0.5, 0.6) is 5.75 Å². The Bertz CT molecular complexity index is 1070. The zero-order valence-corrected chi connectivity index (χ0v) is 17.2. The molecule has 0 aliphatic heterocycles. The van der Waals surface area contributed by atoms with Crippen molar-refractivity contribution in [1.82, 2.24) is 15.1 Å². The number of anilines is 1. The van der Waals surface area contributed by atoms with Gasteiger partial charge in [-0.3, -0.25) is 9.59 Å². The van der Waals surface area contributed by atoms with Crippen LogP contribution >= 0.6 is 0 Å². The molecule has 3 rings (SSSR count). The molecule has 8 heteroatoms. The van der Waals surface area contributed by atoms with Crippen LogP contribution in [0.4, 0.5) is 5.82 Å². The number of methoxy groups -OCH3 is 1. The van der Waals surface area contributed by atoms with E-state index in [9.17, 15) is 9.59 Å². The summed E-state index contributed by atoms with van der Waals surface area (Å²) in [7, 11) is 1.53. The zero-order chi connectivity index (χ0) is 21.8. The Labute approximate surface area is 174 Å². The Morgan fingerprint density at radius 3 is 2.40 bits per heavy atom. The van der Waals surface area contributed by atoms with Crippen LogP contribution in [0.2, 0.25) is 0 Å². The van der Waals surface area contributed by atoms with Gasteiger partial charge < -0.3 is 21.5 Å². The number of carbonyl (C=O) groups excluding carboxylic acids is 2. The van der Waals surface area contributed by atoms with E-state index >= 15 is 0 Å². The van der Waals surface area contributed by atoms with Crippen molar-refractivity contribution in [3.05, 3.63) is 65.2 Å². The molecule has 1 aromatic heterocycles. The molecule has 0 unspecified atom stereocenters. The molecular formula is C22H25N5O3. The minimum atomic E-state index is -0.623. The molecule has 0 atom stereocenters. The predicted molar refractivity (Wildman–Crippen MR) is 115 cm³/mol. The number of amides is 2. The molecule has 3 aromatic rings. The van der Waals surface area contributed by atoms with Crippen molar-refractivity contribution in [3.8, 4) is 17.0 Å². The van der Waals surface area contributed by atoms with E-state index in [1.54, 1.807) is 22.9 Å². The highest BCUT2D eigenvalue weighted by molar-refractivity contribution is 6.03. The number of nitrogens with one attached hydrogen (secondary N) is 1. The summed E-state index contributed by atoms with van der Waals surface area (Å²) in [5, 5.41) is 7.34. The molecule has 0 bridgehead atoms. The number of hydrogen-bond donors (Lipinski definition) is 3. The molecule has 0 saturated heterocycles. The van der Waals surface area contributed by atoms with Gasteiger partial charge in [-0.1, -0.05) is 36.4 Å². The number of para-hydroxylation sites is 1. The number of hydrogen-bond acceptors (Lipinski definition) is 5. The fraction of sp³-hybridized carbons (Fsp3) is 0.227. The summed E-state index contributed by atoms with van der Waals surface area (Å²) in [6.45, 7) is 4.18. The second kappa shape index (κ2) is 8.69. The van der Waals surface area contributed by atoms with Gasteiger partial charge >= 0.3 is 0 Å². The molecule has 30 heavy (non-hydrogen) atoms. The molecule has 0 radical (unpaired) electrons. The number of rotatable bonds is 7. The fourth-order valence-corrected chi connectivity index (χ4v) is 3.18. The predicted octanol–water partition coefficient (Wildman–Crippen LogP) is 2.75. The highest BCUT2D eigenvalue weighted by Crippen LogP contribution is 2.29. The molecule has 0 spiro atoms. The summed E-state index contributed by atoms with van der Waals surface area (Å²) in [6.07, 6.45) is 0. The monoisotopic (exact) mass is 407 g/mol. The van der Waals surface area contributed by atoms with E-state index in [0.29, 0.717) is 23.6 Å². The van der Waals surface area contributed by atoms with Gasteiger partial charge in [0, 0.05) is 18.2 Å². The summed E-state index contributed by atoms with van der Waals surface area (Å²) >= 11 is 0. The van der Waals surface area contributed by atoms with E-state index < -0.39 is 5.91 Å². The van der Waals surface area contributed by atoms with Gasteiger partial charge in [0.1, 0.15) is 22.8 Å². The Morgan fingerprint density at radius 1 is 1.13 bits per heavy atom. The number of nitrogens with zero attached hydrogens (tertiary/aromatic N) is 2. The summed E-state index contributed by atoms with van der Waals surface area (Å²) in [4.78, 5) is 24.4. The van der Waals surface area contributed by atoms with Crippen LogP contribution in [-0.2, 0) is 6.54 Å². The molecular weight excluding hydrogens is 382 g/mol. The van der Waals surface area contributed by atoms with Crippen LogP contribution in [-0.4, -0.2) is 28.7 Å². The van der Waals surface area contributed by atoms with Crippen molar-refractivity contribution < 1.29 is 14.3 Å². The first-order valence-electron chi connectivity index (χ1n) is 9.51. The molecule has 2 amide bonds. The molecule has 0 fully saturated rings. The summed E-state index contributed by atoms with van der Waals surface area (Å²) in [6, 6.07) is 14.4. The lowest BCUT2D eigenvalue weighted by atomic mass is 10.0. The lowest BCUT2D eigenvalue weighted by molar-refractivity contribution is 0.0946. The van der Waals surface area contributed by atoms with Crippen molar-refractivity contribution in [3.63, 3.8) is 0 Å². The third-order valence-corrected chi connectivity index (χ3v) is 4.72. The topological polar surface area (TPSA) is 125 Å². The second-order valence-corrected chi connectivity index (χ2v) is 7.09. The molecule has 0 aliphatic carbocycles. The van der Waals surface area contributed by atoms with E-state index in [-0.39, 0.29) is 23.3 Å². The minimum Gasteiger partial charge on any atom is -0.496 e. The van der Waals surface area contributed by atoms with Gasteiger partial charge in [0.15, 0.2) is 0 Å². The second-order valence-electron chi connectivity index (χ2n) is 7.09. The smallest absolute Gasteiger partial charge is 0.255 e. The maximum Gasteiger partial charge on any atom is 0.255 e. The van der Waals surface area contributed by atoms with E-state index in [0.717, 1.165) is 11.1 Å². The van der Waals surface area contributed by atoms with Crippen LogP contribution in [0.1, 0.15) is 46.2 Å². The minimum absolute atomic E-state index is 0.0127. The molecule has 8 nitrogen and oxygen atoms in total. The van der Waals surface area contributed by atoms with Gasteiger partial charge in [-0.25, -0.2) is 4.68 Å². The molecule has 1 heterocycles. The number of carbonyl (C=O) groups is 2. The largest absolute Gasteiger partial charge is 0.496 e. The first-order valence-corrected chi connectivity index (χ1v) is 9.51. The van der Waals surface area contributed by atoms with Crippen LogP contribution < -0.4 is 21.5 Å². The summed E-state index contributed by atoms with van der Waals surface area (Å²) in [5.74, 6) is -0.0816. The zero-order valence-electron chi connectivity index (χ0n) is 17.2. The first kappa shape index (κ1) is 20.9. The van der Waals surface area contributed by atoms with E-state index in [1.165, 1.54) is 7.11 Å². The lowest BCUT2D eigenvalue weighted by Crippen LogP contribution is -2.23. The van der Waals surface area contributed by atoms with Gasteiger partial charge in [-0.05, 0) is 31.5 Å². The van der Waals surface area contributed by atoms with E-state index in [2.05, 4.69) is 10.4 Å². The quantitative estimate of drug-likeness (QED) is 0.555. The number of ether oxygens (including phenoxy) is 1. The van der Waals surface area contributed by atoms with Gasteiger partial charge in [-0.2, -0.15) is 5.10 Å². The van der Waals surface area contributed by atoms with Crippen LogP contribution in [0, 0.1) is 0 Å². The number of primary amides is 1. The average Bonchev–Trinajstić information content (AvgIpc) is 3.10. The van der Waals surface area contributed by atoms with Gasteiger partial charge in [0.2, 0.25) is 0 Å². The summed E-state index contributed by atoms with van der Waals surface area (Å²) < 4.78 is 6.80. The number of aromatic nitrogens is 2. The Hall–Kier alpha value is -3.81. The standard InChI is InChI=1S/C22H25N5O3/c1-13(2)27-20(23)18(21(24)28)19(26-27)15-10-8-14(9-11-15)12-25-22(29)16-6-4-5-7-17(16)30-3/h4-11,13H,12,23H2,1-3H3,(H2,24,28)(H,25,29). The average molecular weight is 407 g/mol. The third-order valence-electron chi connectivity index (χ3n) is 4.72.